The van der Waals surface area contributed by atoms with Crippen molar-refractivity contribution in [2.45, 2.75) is 25.9 Å². The van der Waals surface area contributed by atoms with E-state index < -0.39 is 0 Å². The van der Waals surface area contributed by atoms with E-state index >= 15 is 0 Å². The molecule has 1 aliphatic heterocycles. The number of cyclic esters (lactones) is 1. The van der Waals surface area contributed by atoms with Crippen molar-refractivity contribution in [2.24, 2.45) is 5.92 Å². The largest absolute Gasteiger partial charge is 0.465 e. The number of carbonyl (C=O) groups excluding carboxylic acids is 1. The fourth-order valence-electron chi connectivity index (χ4n) is 1.43. The van der Waals surface area contributed by atoms with Crippen LogP contribution in [0.25, 0.3) is 0 Å². The van der Waals surface area contributed by atoms with Gasteiger partial charge in [0.15, 0.2) is 0 Å². The zero-order chi connectivity index (χ0) is 9.68. The number of methoxy groups -OCH3 is 1. The molecule has 0 saturated carbocycles. The molecule has 13 heavy (non-hydrogen) atoms. The average molecular weight is 188 g/mol. The van der Waals surface area contributed by atoms with Gasteiger partial charge in [-0.3, -0.25) is 4.79 Å². The van der Waals surface area contributed by atoms with E-state index in [2.05, 4.69) is 6.92 Å². The Labute approximate surface area is 78.2 Å². The van der Waals surface area contributed by atoms with Gasteiger partial charge in [0.25, 0.3) is 0 Å². The van der Waals surface area contributed by atoms with Crippen LogP contribution in [-0.2, 0) is 19.0 Å². The van der Waals surface area contributed by atoms with Crippen LogP contribution in [0.1, 0.15) is 19.8 Å². The summed E-state index contributed by atoms with van der Waals surface area (Å²) < 4.78 is 15.1. The SMILES string of the molecule is CC[C@@H]1COC(=O)C[C@H]1OCOC. The summed E-state index contributed by atoms with van der Waals surface area (Å²) in [6.45, 7) is 2.78. The van der Waals surface area contributed by atoms with Crippen LogP contribution >= 0.6 is 0 Å². The van der Waals surface area contributed by atoms with Gasteiger partial charge in [0, 0.05) is 13.0 Å². The highest BCUT2D eigenvalue weighted by atomic mass is 16.7. The van der Waals surface area contributed by atoms with Crippen molar-refractivity contribution in [3.05, 3.63) is 0 Å². The zero-order valence-corrected chi connectivity index (χ0v) is 8.12. The Hall–Kier alpha value is -0.610. The van der Waals surface area contributed by atoms with Crippen LogP contribution in [0.2, 0.25) is 0 Å². The monoisotopic (exact) mass is 188 g/mol. The molecule has 0 aromatic carbocycles. The van der Waals surface area contributed by atoms with E-state index in [1.807, 2.05) is 0 Å². The van der Waals surface area contributed by atoms with Crippen molar-refractivity contribution in [3.63, 3.8) is 0 Å². The lowest BCUT2D eigenvalue weighted by molar-refractivity contribution is -0.169. The average Bonchev–Trinajstić information content (AvgIpc) is 2.15. The number of hydrogen-bond donors (Lipinski definition) is 0. The molecule has 0 unspecified atom stereocenters. The second kappa shape index (κ2) is 5.19. The molecule has 4 heteroatoms. The molecule has 0 N–H and O–H groups in total. The van der Waals surface area contributed by atoms with E-state index in [0.29, 0.717) is 18.9 Å². The lowest BCUT2D eigenvalue weighted by Crippen LogP contribution is -2.36. The van der Waals surface area contributed by atoms with E-state index in [0.717, 1.165) is 6.42 Å². The van der Waals surface area contributed by atoms with Crippen LogP contribution in [0.5, 0.6) is 0 Å². The molecule has 0 bridgehead atoms. The number of carbonyl (C=O) groups is 1. The Balaban J connectivity index is 2.39. The van der Waals surface area contributed by atoms with E-state index in [1.165, 1.54) is 0 Å². The van der Waals surface area contributed by atoms with E-state index in [1.54, 1.807) is 7.11 Å². The van der Waals surface area contributed by atoms with Crippen LogP contribution in [-0.4, -0.2) is 32.6 Å². The highest BCUT2D eigenvalue weighted by Crippen LogP contribution is 2.21. The Bertz CT molecular complexity index is 169. The van der Waals surface area contributed by atoms with Gasteiger partial charge < -0.3 is 14.2 Å². The summed E-state index contributed by atoms with van der Waals surface area (Å²) in [6.07, 6.45) is 1.27. The number of esters is 1. The fourth-order valence-corrected chi connectivity index (χ4v) is 1.43. The van der Waals surface area contributed by atoms with Crippen LogP contribution in [0.3, 0.4) is 0 Å². The molecule has 0 aromatic heterocycles. The van der Waals surface area contributed by atoms with E-state index in [9.17, 15) is 4.79 Å². The molecule has 0 spiro atoms. The predicted octanol–water partition coefficient (Wildman–Crippen LogP) is 0.949. The van der Waals surface area contributed by atoms with Gasteiger partial charge in [-0.15, -0.1) is 0 Å². The summed E-state index contributed by atoms with van der Waals surface area (Å²) in [6, 6.07) is 0. The van der Waals surface area contributed by atoms with Gasteiger partial charge in [-0.05, 0) is 6.42 Å². The summed E-state index contributed by atoms with van der Waals surface area (Å²) in [7, 11) is 1.57. The van der Waals surface area contributed by atoms with E-state index in [4.69, 9.17) is 14.2 Å². The molecule has 0 amide bonds. The maximum atomic E-state index is 11.0. The van der Waals surface area contributed by atoms with Crippen LogP contribution < -0.4 is 0 Å². The van der Waals surface area contributed by atoms with Crippen molar-refractivity contribution in [3.8, 4) is 0 Å². The first-order valence-corrected chi connectivity index (χ1v) is 4.54. The van der Waals surface area contributed by atoms with Crippen molar-refractivity contribution < 1.29 is 19.0 Å². The highest BCUT2D eigenvalue weighted by molar-refractivity contribution is 5.70. The molecule has 0 aromatic rings. The topological polar surface area (TPSA) is 44.8 Å². The molecule has 4 nitrogen and oxygen atoms in total. The molecule has 0 aliphatic carbocycles. The van der Waals surface area contributed by atoms with Gasteiger partial charge in [0.1, 0.15) is 6.79 Å². The minimum atomic E-state index is -0.175. The third-order valence-electron chi connectivity index (χ3n) is 2.28. The van der Waals surface area contributed by atoms with Crippen molar-refractivity contribution in [2.75, 3.05) is 20.5 Å². The van der Waals surface area contributed by atoms with Crippen molar-refractivity contribution >= 4 is 5.97 Å². The molecule has 1 aliphatic rings. The zero-order valence-electron chi connectivity index (χ0n) is 8.12. The van der Waals surface area contributed by atoms with Crippen LogP contribution in [0.15, 0.2) is 0 Å². The maximum Gasteiger partial charge on any atom is 0.308 e. The summed E-state index contributed by atoms with van der Waals surface area (Å²) >= 11 is 0. The summed E-state index contributed by atoms with van der Waals surface area (Å²) in [5.74, 6) is 0.138. The lowest BCUT2D eigenvalue weighted by atomic mass is 9.96. The minimum Gasteiger partial charge on any atom is -0.465 e. The Morgan fingerprint density at radius 1 is 1.62 bits per heavy atom. The molecular formula is C9H16O4. The van der Waals surface area contributed by atoms with Gasteiger partial charge >= 0.3 is 5.97 Å². The first-order valence-electron chi connectivity index (χ1n) is 4.54. The Morgan fingerprint density at radius 3 is 3.00 bits per heavy atom. The van der Waals surface area contributed by atoms with Gasteiger partial charge in [0.05, 0.1) is 19.1 Å². The number of rotatable bonds is 4. The van der Waals surface area contributed by atoms with Gasteiger partial charge in [-0.2, -0.15) is 0 Å². The molecule has 0 radical (unpaired) electrons. The van der Waals surface area contributed by atoms with Crippen molar-refractivity contribution in [1.82, 2.24) is 0 Å². The summed E-state index contributed by atoms with van der Waals surface area (Å²) in [5, 5.41) is 0. The molecule has 2 atom stereocenters. The second-order valence-electron chi connectivity index (χ2n) is 3.17. The fraction of sp³-hybridized carbons (Fsp3) is 0.889. The number of hydrogen-bond acceptors (Lipinski definition) is 4. The molecule has 76 valence electrons. The van der Waals surface area contributed by atoms with Gasteiger partial charge in [0.2, 0.25) is 0 Å². The second-order valence-corrected chi connectivity index (χ2v) is 3.17. The van der Waals surface area contributed by atoms with Gasteiger partial charge in [-0.1, -0.05) is 6.92 Å². The van der Waals surface area contributed by atoms with Crippen molar-refractivity contribution in [1.29, 1.82) is 0 Å². The summed E-state index contributed by atoms with van der Waals surface area (Å²) in [4.78, 5) is 11.0. The van der Waals surface area contributed by atoms with Crippen LogP contribution in [0.4, 0.5) is 0 Å². The van der Waals surface area contributed by atoms with Gasteiger partial charge in [-0.25, -0.2) is 0 Å². The molecule has 1 rings (SSSR count). The quantitative estimate of drug-likeness (QED) is 0.486. The first kappa shape index (κ1) is 10.5. The lowest BCUT2D eigenvalue weighted by Gasteiger charge is -2.29. The maximum absolute atomic E-state index is 11.0. The smallest absolute Gasteiger partial charge is 0.308 e. The third kappa shape index (κ3) is 2.97. The molecule has 1 saturated heterocycles. The molecule has 1 fully saturated rings. The highest BCUT2D eigenvalue weighted by Gasteiger charge is 2.30. The molecular weight excluding hydrogens is 172 g/mol. The standard InChI is InChI=1S/C9H16O4/c1-3-7-5-12-9(10)4-8(7)13-6-11-2/h7-8H,3-6H2,1-2H3/t7-,8-/m1/s1. The Morgan fingerprint density at radius 2 is 2.38 bits per heavy atom. The number of ether oxygens (including phenoxy) is 3. The predicted molar refractivity (Wildman–Crippen MR) is 46.1 cm³/mol. The Kier molecular flexibility index (Phi) is 4.18. The summed E-state index contributed by atoms with van der Waals surface area (Å²) in [5.41, 5.74) is 0. The normalized spacial score (nSPS) is 28.6. The van der Waals surface area contributed by atoms with Crippen LogP contribution in [0, 0.1) is 5.92 Å². The minimum absolute atomic E-state index is 0.0359. The van der Waals surface area contributed by atoms with E-state index in [-0.39, 0.29) is 18.9 Å². The third-order valence-corrected chi connectivity index (χ3v) is 2.28. The first-order chi connectivity index (χ1) is 6.27. The molecule has 1 heterocycles.